The Labute approximate surface area is 127 Å². The average molecular weight is 283 g/mol. The van der Waals surface area contributed by atoms with Gasteiger partial charge in [-0.3, -0.25) is 0 Å². The first-order chi connectivity index (χ1) is 10.1. The van der Waals surface area contributed by atoms with Crippen LogP contribution in [0, 0.1) is 6.92 Å². The molecule has 1 fully saturated rings. The number of benzene rings is 1. The second kappa shape index (κ2) is 5.78. The van der Waals surface area contributed by atoms with Gasteiger partial charge in [0, 0.05) is 6.04 Å². The summed E-state index contributed by atoms with van der Waals surface area (Å²) in [5, 5.41) is 15.1. The number of nitrogens with one attached hydrogen (secondary N) is 1. The topological polar surface area (TPSA) is 32.3 Å². The maximum atomic E-state index is 11.6. The summed E-state index contributed by atoms with van der Waals surface area (Å²) in [4.78, 5) is 0. The number of aliphatic hydroxyl groups is 1. The van der Waals surface area contributed by atoms with Gasteiger partial charge < -0.3 is 10.4 Å². The third-order valence-corrected chi connectivity index (χ3v) is 4.90. The second-order valence-electron chi connectivity index (χ2n) is 6.49. The third-order valence-electron chi connectivity index (χ3n) is 4.90. The second-order valence-corrected chi connectivity index (χ2v) is 6.49. The number of hydrogen-bond acceptors (Lipinski definition) is 2. The molecule has 2 heteroatoms. The zero-order valence-corrected chi connectivity index (χ0v) is 13.0. The van der Waals surface area contributed by atoms with Crippen molar-refractivity contribution in [3.8, 4) is 0 Å². The fraction of sp³-hybridized carbons (Fsp3) is 0.474. The SMILES string of the molecule is CC1=CC=C([C@](O)(c2ccc(C)cc2)C2CCCN2)CC1. The fourth-order valence-electron chi connectivity index (χ4n) is 3.52. The van der Waals surface area contributed by atoms with E-state index < -0.39 is 5.60 Å². The average Bonchev–Trinajstić information content (AvgIpc) is 3.02. The van der Waals surface area contributed by atoms with Crippen molar-refractivity contribution >= 4 is 0 Å². The van der Waals surface area contributed by atoms with Crippen LogP contribution in [0.5, 0.6) is 0 Å². The summed E-state index contributed by atoms with van der Waals surface area (Å²) < 4.78 is 0. The minimum atomic E-state index is -0.874. The van der Waals surface area contributed by atoms with Gasteiger partial charge in [-0.25, -0.2) is 0 Å². The molecule has 1 unspecified atom stereocenters. The van der Waals surface area contributed by atoms with Crippen LogP contribution in [-0.2, 0) is 5.60 Å². The van der Waals surface area contributed by atoms with Crippen molar-refractivity contribution in [2.75, 3.05) is 6.54 Å². The molecule has 3 rings (SSSR count). The molecule has 2 aliphatic rings. The molecule has 2 N–H and O–H groups in total. The summed E-state index contributed by atoms with van der Waals surface area (Å²) in [5.74, 6) is 0. The molecular formula is C19H25NO. The van der Waals surface area contributed by atoms with Crippen LogP contribution in [-0.4, -0.2) is 17.7 Å². The highest BCUT2D eigenvalue weighted by Crippen LogP contribution is 2.40. The molecule has 1 aromatic rings. The van der Waals surface area contributed by atoms with Gasteiger partial charge in [0.1, 0.15) is 5.60 Å². The lowest BCUT2D eigenvalue weighted by Crippen LogP contribution is -2.47. The molecule has 0 radical (unpaired) electrons. The van der Waals surface area contributed by atoms with Crippen molar-refractivity contribution in [1.29, 1.82) is 0 Å². The molecule has 2 atom stereocenters. The number of rotatable bonds is 3. The summed E-state index contributed by atoms with van der Waals surface area (Å²) in [7, 11) is 0. The van der Waals surface area contributed by atoms with Crippen molar-refractivity contribution in [1.82, 2.24) is 5.32 Å². The minimum absolute atomic E-state index is 0.123. The van der Waals surface area contributed by atoms with Gasteiger partial charge >= 0.3 is 0 Å². The van der Waals surface area contributed by atoms with E-state index in [1.807, 2.05) is 0 Å². The third kappa shape index (κ3) is 2.70. The highest BCUT2D eigenvalue weighted by molar-refractivity contribution is 5.40. The summed E-state index contributed by atoms with van der Waals surface area (Å²) >= 11 is 0. The summed E-state index contributed by atoms with van der Waals surface area (Å²) in [6.07, 6.45) is 8.47. The zero-order valence-electron chi connectivity index (χ0n) is 13.0. The molecule has 2 nitrogen and oxygen atoms in total. The molecule has 112 valence electrons. The van der Waals surface area contributed by atoms with E-state index in [4.69, 9.17) is 0 Å². The van der Waals surface area contributed by atoms with E-state index >= 15 is 0 Å². The first kappa shape index (κ1) is 14.6. The van der Waals surface area contributed by atoms with Gasteiger partial charge in [0.15, 0.2) is 0 Å². The molecule has 1 aromatic carbocycles. The van der Waals surface area contributed by atoms with E-state index in [0.717, 1.165) is 43.4 Å². The molecule has 0 spiro atoms. The maximum absolute atomic E-state index is 11.6. The van der Waals surface area contributed by atoms with E-state index in [-0.39, 0.29) is 6.04 Å². The predicted molar refractivity (Wildman–Crippen MR) is 87.2 cm³/mol. The van der Waals surface area contributed by atoms with Crippen LogP contribution in [0.4, 0.5) is 0 Å². The van der Waals surface area contributed by atoms with Crippen LogP contribution in [0.2, 0.25) is 0 Å². The van der Waals surface area contributed by atoms with Crippen molar-refractivity contribution in [3.05, 3.63) is 58.7 Å². The Morgan fingerprint density at radius 2 is 1.86 bits per heavy atom. The molecule has 0 saturated carbocycles. The first-order valence-electron chi connectivity index (χ1n) is 8.00. The summed E-state index contributed by atoms with van der Waals surface area (Å²) in [6.45, 7) is 5.25. The van der Waals surface area contributed by atoms with Gasteiger partial charge in [0.05, 0.1) is 0 Å². The van der Waals surface area contributed by atoms with Gasteiger partial charge in [0.2, 0.25) is 0 Å². The quantitative estimate of drug-likeness (QED) is 0.888. The van der Waals surface area contributed by atoms with Crippen LogP contribution >= 0.6 is 0 Å². The normalized spacial score (nSPS) is 25.2. The lowest BCUT2D eigenvalue weighted by atomic mass is 9.75. The van der Waals surface area contributed by atoms with Crippen molar-refractivity contribution in [2.24, 2.45) is 0 Å². The molecule has 0 amide bonds. The Kier molecular flexibility index (Phi) is 4.01. The Hall–Kier alpha value is -1.38. The van der Waals surface area contributed by atoms with Crippen molar-refractivity contribution in [2.45, 2.75) is 51.2 Å². The minimum Gasteiger partial charge on any atom is -0.379 e. The van der Waals surface area contributed by atoms with Crippen LogP contribution in [0.3, 0.4) is 0 Å². The van der Waals surface area contributed by atoms with E-state index in [1.165, 1.54) is 11.1 Å². The maximum Gasteiger partial charge on any atom is 0.126 e. The van der Waals surface area contributed by atoms with Crippen LogP contribution < -0.4 is 5.32 Å². The van der Waals surface area contributed by atoms with Crippen LogP contribution in [0.1, 0.15) is 43.7 Å². The molecule has 0 aromatic heterocycles. The standard InChI is InChI=1S/C19H25NO/c1-14-5-9-16(10-6-14)19(21,18-4-3-13-20-18)17-11-7-15(2)8-12-17/h5-7,9-11,18,20-21H,3-4,8,12-13H2,1-2H3/t18?,19-/m1/s1. The Bertz CT molecular complexity index is 564. The monoisotopic (exact) mass is 283 g/mol. The Balaban J connectivity index is 2.04. The Morgan fingerprint density at radius 1 is 1.10 bits per heavy atom. The Morgan fingerprint density at radius 3 is 2.43 bits per heavy atom. The molecular weight excluding hydrogens is 258 g/mol. The van der Waals surface area contributed by atoms with Crippen LogP contribution in [0.15, 0.2) is 47.6 Å². The van der Waals surface area contributed by atoms with E-state index in [0.29, 0.717) is 0 Å². The molecule has 0 bridgehead atoms. The van der Waals surface area contributed by atoms with Gasteiger partial charge in [-0.05, 0) is 57.2 Å². The summed E-state index contributed by atoms with van der Waals surface area (Å²) in [5.41, 5.74) is 3.92. The zero-order chi connectivity index (χ0) is 14.9. The fourth-order valence-corrected chi connectivity index (χ4v) is 3.52. The van der Waals surface area contributed by atoms with E-state index in [2.05, 4.69) is 55.6 Å². The number of allylic oxidation sites excluding steroid dienone is 3. The molecule has 1 aliphatic heterocycles. The molecule has 1 saturated heterocycles. The predicted octanol–water partition coefficient (Wildman–Crippen LogP) is 3.60. The van der Waals surface area contributed by atoms with Gasteiger partial charge in [0.25, 0.3) is 0 Å². The number of hydrogen-bond donors (Lipinski definition) is 2. The number of aryl methyl sites for hydroxylation is 1. The summed E-state index contributed by atoms with van der Waals surface area (Å²) in [6, 6.07) is 8.49. The highest BCUT2D eigenvalue weighted by Gasteiger charge is 2.42. The first-order valence-corrected chi connectivity index (χ1v) is 8.00. The highest BCUT2D eigenvalue weighted by atomic mass is 16.3. The molecule has 1 aliphatic carbocycles. The van der Waals surface area contributed by atoms with Gasteiger partial charge in [-0.1, -0.05) is 47.6 Å². The van der Waals surface area contributed by atoms with Gasteiger partial charge in [-0.15, -0.1) is 0 Å². The van der Waals surface area contributed by atoms with Crippen molar-refractivity contribution in [3.63, 3.8) is 0 Å². The molecule has 21 heavy (non-hydrogen) atoms. The van der Waals surface area contributed by atoms with Gasteiger partial charge in [-0.2, -0.15) is 0 Å². The van der Waals surface area contributed by atoms with E-state index in [1.54, 1.807) is 0 Å². The lowest BCUT2D eigenvalue weighted by Gasteiger charge is -2.38. The van der Waals surface area contributed by atoms with E-state index in [9.17, 15) is 5.11 Å². The van der Waals surface area contributed by atoms with Crippen molar-refractivity contribution < 1.29 is 5.11 Å². The molecule has 1 heterocycles. The largest absolute Gasteiger partial charge is 0.379 e. The smallest absolute Gasteiger partial charge is 0.126 e. The van der Waals surface area contributed by atoms with Crippen LogP contribution in [0.25, 0.3) is 0 Å². The lowest BCUT2D eigenvalue weighted by molar-refractivity contribution is 0.0364.